The first-order valence-corrected chi connectivity index (χ1v) is 9.66. The molecule has 2 amide bonds. The molecule has 0 bridgehead atoms. The number of nitrogens with zero attached hydrogens (tertiary/aromatic N) is 2. The molecule has 3 N–H and O–H groups in total. The molecular weight excluding hydrogens is 374 g/mol. The number of ether oxygens (including phenoxy) is 2. The van der Waals surface area contributed by atoms with E-state index in [-0.39, 0.29) is 24.5 Å². The molecule has 0 saturated carbocycles. The summed E-state index contributed by atoms with van der Waals surface area (Å²) in [6, 6.07) is 8.86. The van der Waals surface area contributed by atoms with Crippen molar-refractivity contribution < 1.29 is 19.1 Å². The molecule has 1 aliphatic rings. The molecule has 2 atom stereocenters. The van der Waals surface area contributed by atoms with Crippen LogP contribution in [0.1, 0.15) is 38.2 Å². The maximum absolute atomic E-state index is 12.4. The van der Waals surface area contributed by atoms with Gasteiger partial charge in [-0.1, -0.05) is 19.4 Å². The summed E-state index contributed by atoms with van der Waals surface area (Å²) in [6.07, 6.45) is 1.78. The van der Waals surface area contributed by atoms with E-state index >= 15 is 0 Å². The third-order valence-corrected chi connectivity index (χ3v) is 4.54. The average molecular weight is 401 g/mol. The third-order valence-electron chi connectivity index (χ3n) is 4.54. The van der Waals surface area contributed by atoms with Crippen molar-refractivity contribution in [2.75, 3.05) is 19.0 Å². The number of aryl methyl sites for hydroxylation is 1. The van der Waals surface area contributed by atoms with E-state index in [1.165, 1.54) is 0 Å². The molecule has 1 fully saturated rings. The van der Waals surface area contributed by atoms with Crippen LogP contribution >= 0.6 is 0 Å². The van der Waals surface area contributed by atoms with Crippen LogP contribution in [0.4, 0.5) is 5.82 Å². The van der Waals surface area contributed by atoms with Crippen molar-refractivity contribution in [1.29, 1.82) is 0 Å². The van der Waals surface area contributed by atoms with Crippen LogP contribution in [0.25, 0.3) is 0 Å². The number of amides is 2. The molecule has 2 aromatic rings. The van der Waals surface area contributed by atoms with E-state index in [4.69, 9.17) is 9.47 Å². The summed E-state index contributed by atoms with van der Waals surface area (Å²) in [5, 5.41) is 13.5. The second kappa shape index (κ2) is 9.42. The van der Waals surface area contributed by atoms with Gasteiger partial charge in [0.1, 0.15) is 17.3 Å². The number of anilines is 1. The molecule has 9 nitrogen and oxygen atoms in total. The SMILES string of the molecule is CCCC1CC(=O)NC(n2nc(C)cc2NC(=O)COc2cccc(OC)c2)N1. The summed E-state index contributed by atoms with van der Waals surface area (Å²) < 4.78 is 12.3. The van der Waals surface area contributed by atoms with Crippen LogP contribution in [0.5, 0.6) is 11.5 Å². The van der Waals surface area contributed by atoms with E-state index in [1.54, 1.807) is 42.1 Å². The zero-order valence-corrected chi connectivity index (χ0v) is 16.9. The second-order valence-electron chi connectivity index (χ2n) is 6.96. The smallest absolute Gasteiger partial charge is 0.263 e. The van der Waals surface area contributed by atoms with E-state index in [0.29, 0.717) is 23.7 Å². The van der Waals surface area contributed by atoms with Crippen molar-refractivity contribution in [3.63, 3.8) is 0 Å². The van der Waals surface area contributed by atoms with Crippen molar-refractivity contribution in [2.45, 2.75) is 45.4 Å². The lowest BCUT2D eigenvalue weighted by Crippen LogP contribution is -2.53. The Bertz CT molecular complexity index is 866. The van der Waals surface area contributed by atoms with Crippen LogP contribution in [0.15, 0.2) is 30.3 Å². The molecule has 0 spiro atoms. The minimum absolute atomic E-state index is 0.0426. The number of methoxy groups -OCH3 is 1. The van der Waals surface area contributed by atoms with Crippen molar-refractivity contribution >= 4 is 17.6 Å². The van der Waals surface area contributed by atoms with Crippen molar-refractivity contribution in [3.05, 3.63) is 36.0 Å². The van der Waals surface area contributed by atoms with Crippen LogP contribution < -0.4 is 25.4 Å². The van der Waals surface area contributed by atoms with Gasteiger partial charge in [-0.15, -0.1) is 0 Å². The Morgan fingerprint density at radius 2 is 2.14 bits per heavy atom. The summed E-state index contributed by atoms with van der Waals surface area (Å²) >= 11 is 0. The highest BCUT2D eigenvalue weighted by molar-refractivity contribution is 5.91. The molecular formula is C20H27N5O4. The van der Waals surface area contributed by atoms with Gasteiger partial charge in [0, 0.05) is 24.6 Å². The second-order valence-corrected chi connectivity index (χ2v) is 6.96. The van der Waals surface area contributed by atoms with Gasteiger partial charge in [-0.2, -0.15) is 5.10 Å². The normalized spacial score (nSPS) is 18.8. The summed E-state index contributed by atoms with van der Waals surface area (Å²) in [5.41, 5.74) is 0.725. The van der Waals surface area contributed by atoms with Gasteiger partial charge in [0.05, 0.1) is 12.8 Å². The molecule has 3 rings (SSSR count). The van der Waals surface area contributed by atoms with Crippen LogP contribution in [0.3, 0.4) is 0 Å². The van der Waals surface area contributed by atoms with Crippen LogP contribution in [-0.2, 0) is 9.59 Å². The summed E-state index contributed by atoms with van der Waals surface area (Å²) in [6.45, 7) is 3.74. The number of hydrogen-bond acceptors (Lipinski definition) is 6. The largest absolute Gasteiger partial charge is 0.497 e. The molecule has 0 radical (unpaired) electrons. The minimum Gasteiger partial charge on any atom is -0.497 e. The summed E-state index contributed by atoms with van der Waals surface area (Å²) in [4.78, 5) is 24.5. The first kappa shape index (κ1) is 20.7. The lowest BCUT2D eigenvalue weighted by Gasteiger charge is -2.32. The number of rotatable bonds is 8. The molecule has 1 saturated heterocycles. The molecule has 2 unspecified atom stereocenters. The highest BCUT2D eigenvalue weighted by atomic mass is 16.5. The predicted octanol–water partition coefficient (Wildman–Crippen LogP) is 1.95. The van der Waals surface area contributed by atoms with Gasteiger partial charge < -0.3 is 20.1 Å². The Hall–Kier alpha value is -3.07. The molecule has 1 aromatic heterocycles. The average Bonchev–Trinajstić information content (AvgIpc) is 3.06. The van der Waals surface area contributed by atoms with Gasteiger partial charge in [0.25, 0.3) is 5.91 Å². The summed E-state index contributed by atoms with van der Waals surface area (Å²) in [5.74, 6) is 1.29. The zero-order valence-electron chi connectivity index (χ0n) is 16.9. The maximum Gasteiger partial charge on any atom is 0.263 e. The van der Waals surface area contributed by atoms with E-state index in [2.05, 4.69) is 28.0 Å². The first-order valence-electron chi connectivity index (χ1n) is 9.66. The molecule has 156 valence electrons. The van der Waals surface area contributed by atoms with Crippen LogP contribution in [0.2, 0.25) is 0 Å². The molecule has 1 aliphatic heterocycles. The van der Waals surface area contributed by atoms with Gasteiger partial charge >= 0.3 is 0 Å². The molecule has 0 aliphatic carbocycles. The Labute approximate surface area is 169 Å². The molecule has 2 heterocycles. The molecule has 29 heavy (non-hydrogen) atoms. The Kier molecular flexibility index (Phi) is 6.71. The van der Waals surface area contributed by atoms with E-state index in [9.17, 15) is 9.59 Å². The number of hydrogen-bond donors (Lipinski definition) is 3. The third kappa shape index (κ3) is 5.47. The zero-order chi connectivity index (χ0) is 20.8. The molecule has 9 heteroatoms. The van der Waals surface area contributed by atoms with Crippen molar-refractivity contribution in [3.8, 4) is 11.5 Å². The van der Waals surface area contributed by atoms with Gasteiger partial charge in [0.15, 0.2) is 12.9 Å². The Balaban J connectivity index is 1.65. The first-order chi connectivity index (χ1) is 14.0. The number of nitrogens with one attached hydrogen (secondary N) is 3. The fourth-order valence-electron chi connectivity index (χ4n) is 3.25. The number of carbonyl (C=O) groups excluding carboxylic acids is 2. The molecule has 1 aromatic carbocycles. The number of carbonyl (C=O) groups is 2. The lowest BCUT2D eigenvalue weighted by molar-refractivity contribution is -0.125. The number of benzene rings is 1. The topological polar surface area (TPSA) is 107 Å². The minimum atomic E-state index is -0.517. The van der Waals surface area contributed by atoms with Gasteiger partial charge in [-0.25, -0.2) is 4.68 Å². The van der Waals surface area contributed by atoms with Gasteiger partial charge in [-0.3, -0.25) is 14.9 Å². The number of aromatic nitrogens is 2. The Morgan fingerprint density at radius 3 is 2.90 bits per heavy atom. The fraction of sp³-hybridized carbons (Fsp3) is 0.450. The Morgan fingerprint density at radius 1 is 1.34 bits per heavy atom. The van der Waals surface area contributed by atoms with Crippen LogP contribution in [0, 0.1) is 6.92 Å². The highest BCUT2D eigenvalue weighted by Gasteiger charge is 2.28. The van der Waals surface area contributed by atoms with E-state index < -0.39 is 6.29 Å². The standard InChI is InChI=1S/C20H27N5O4/c1-4-6-14-10-18(26)23-20(21-14)25-17(9-13(2)24-25)22-19(27)12-29-16-8-5-7-15(11-16)28-3/h5,7-9,11,14,20-21H,4,6,10,12H2,1-3H3,(H,22,27)(H,23,26). The lowest BCUT2D eigenvalue weighted by atomic mass is 10.1. The maximum atomic E-state index is 12.4. The predicted molar refractivity (Wildman–Crippen MR) is 108 cm³/mol. The van der Waals surface area contributed by atoms with E-state index in [1.807, 2.05) is 6.92 Å². The highest BCUT2D eigenvalue weighted by Crippen LogP contribution is 2.20. The quantitative estimate of drug-likeness (QED) is 0.624. The van der Waals surface area contributed by atoms with E-state index in [0.717, 1.165) is 18.5 Å². The van der Waals surface area contributed by atoms with Crippen LogP contribution in [-0.4, -0.2) is 41.4 Å². The monoisotopic (exact) mass is 401 g/mol. The fourth-order valence-corrected chi connectivity index (χ4v) is 3.25. The summed E-state index contributed by atoms with van der Waals surface area (Å²) in [7, 11) is 1.57. The van der Waals surface area contributed by atoms with Gasteiger partial charge in [-0.05, 0) is 25.5 Å². The van der Waals surface area contributed by atoms with Crippen molar-refractivity contribution in [2.24, 2.45) is 0 Å². The van der Waals surface area contributed by atoms with Crippen molar-refractivity contribution in [1.82, 2.24) is 20.4 Å². The van der Waals surface area contributed by atoms with Gasteiger partial charge in [0.2, 0.25) is 5.91 Å².